The van der Waals surface area contributed by atoms with Crippen LogP contribution in [0.15, 0.2) is 91.0 Å². The minimum atomic E-state index is -1.70. The van der Waals surface area contributed by atoms with Gasteiger partial charge >= 0.3 is 17.9 Å². The molecule has 5 rings (SSSR count). The number of aliphatic hydroxyl groups is 1. The highest BCUT2D eigenvalue weighted by Crippen LogP contribution is 2.35. The SMILES string of the molecule is COC1OC(COCc2ccccc2)C(OC2OC(COC(C)=O)C(OC(C)=O)C(OC(C)=O)C2O)C(OCc2ccccc2)C1OCc1ccccc1. The summed E-state index contributed by atoms with van der Waals surface area (Å²) in [6.07, 6.45) is -12.0. The van der Waals surface area contributed by atoms with Crippen molar-refractivity contribution < 1.29 is 66.9 Å². The quantitative estimate of drug-likeness (QED) is 0.157. The molecule has 3 aromatic rings. The maximum Gasteiger partial charge on any atom is 0.303 e. The van der Waals surface area contributed by atoms with E-state index in [1.807, 2.05) is 91.0 Å². The zero-order valence-electron chi connectivity index (χ0n) is 30.7. The second kappa shape index (κ2) is 20.4. The van der Waals surface area contributed by atoms with Crippen molar-refractivity contribution in [3.63, 3.8) is 0 Å². The summed E-state index contributed by atoms with van der Waals surface area (Å²) >= 11 is 0. The topological polar surface area (TPSA) is 164 Å². The highest BCUT2D eigenvalue weighted by molar-refractivity contribution is 5.68. The molecule has 0 aromatic heterocycles. The fourth-order valence-corrected chi connectivity index (χ4v) is 6.29. The molecule has 14 heteroatoms. The molecule has 2 aliphatic rings. The predicted molar refractivity (Wildman–Crippen MR) is 189 cm³/mol. The van der Waals surface area contributed by atoms with Crippen LogP contribution in [0.3, 0.4) is 0 Å². The zero-order valence-corrected chi connectivity index (χ0v) is 30.7. The molecule has 0 saturated carbocycles. The van der Waals surface area contributed by atoms with Crippen LogP contribution in [0, 0.1) is 0 Å². The van der Waals surface area contributed by atoms with E-state index in [-0.39, 0.29) is 26.4 Å². The number of esters is 3. The Morgan fingerprint density at radius 3 is 1.57 bits per heavy atom. The fraction of sp³-hybridized carbons (Fsp3) is 0.475. The van der Waals surface area contributed by atoms with Gasteiger partial charge in [-0.3, -0.25) is 14.4 Å². The van der Waals surface area contributed by atoms with Crippen molar-refractivity contribution in [1.82, 2.24) is 0 Å². The summed E-state index contributed by atoms with van der Waals surface area (Å²) in [5.41, 5.74) is 2.68. The molecule has 0 radical (unpaired) electrons. The summed E-state index contributed by atoms with van der Waals surface area (Å²) in [4.78, 5) is 36.3. The van der Waals surface area contributed by atoms with E-state index >= 15 is 0 Å². The number of carbonyl (C=O) groups is 3. The molecule has 1 N–H and O–H groups in total. The van der Waals surface area contributed by atoms with Crippen LogP contribution in [0.1, 0.15) is 37.5 Å². The highest BCUT2D eigenvalue weighted by atomic mass is 16.8. The van der Waals surface area contributed by atoms with Crippen molar-refractivity contribution in [3.8, 4) is 0 Å². The molecular weight excluding hydrogens is 704 g/mol. The summed E-state index contributed by atoms with van der Waals surface area (Å²) in [7, 11) is 1.49. The monoisotopic (exact) mass is 752 g/mol. The molecule has 2 aliphatic heterocycles. The van der Waals surface area contributed by atoms with Crippen molar-refractivity contribution in [2.24, 2.45) is 0 Å². The zero-order chi connectivity index (χ0) is 38.5. The molecule has 292 valence electrons. The predicted octanol–water partition coefficient (Wildman–Crippen LogP) is 3.64. The molecule has 2 saturated heterocycles. The fourth-order valence-electron chi connectivity index (χ4n) is 6.29. The van der Waals surface area contributed by atoms with Crippen LogP contribution in [0.4, 0.5) is 0 Å². The smallest absolute Gasteiger partial charge is 0.303 e. The number of ether oxygens (including phenoxy) is 10. The van der Waals surface area contributed by atoms with Gasteiger partial charge in [-0.25, -0.2) is 0 Å². The van der Waals surface area contributed by atoms with Gasteiger partial charge in [0.25, 0.3) is 0 Å². The molecule has 10 atom stereocenters. The van der Waals surface area contributed by atoms with Gasteiger partial charge in [0.2, 0.25) is 0 Å². The molecule has 2 fully saturated rings. The number of aliphatic hydroxyl groups excluding tert-OH is 1. The maximum absolute atomic E-state index is 12.3. The lowest BCUT2D eigenvalue weighted by atomic mass is 9.96. The number of methoxy groups -OCH3 is 1. The Labute approximate surface area is 314 Å². The Morgan fingerprint density at radius 2 is 1.06 bits per heavy atom. The molecule has 0 bridgehead atoms. The Hall–Kier alpha value is -4.25. The van der Waals surface area contributed by atoms with Crippen LogP contribution in [0.25, 0.3) is 0 Å². The first-order valence-corrected chi connectivity index (χ1v) is 17.7. The van der Waals surface area contributed by atoms with Gasteiger partial charge in [-0.05, 0) is 16.7 Å². The third-order valence-electron chi connectivity index (χ3n) is 8.75. The highest BCUT2D eigenvalue weighted by Gasteiger charge is 2.55. The van der Waals surface area contributed by atoms with E-state index in [9.17, 15) is 19.5 Å². The van der Waals surface area contributed by atoms with Gasteiger partial charge in [-0.1, -0.05) is 91.0 Å². The molecule has 0 amide bonds. The number of carbonyl (C=O) groups excluding carboxylic acids is 3. The maximum atomic E-state index is 12.3. The van der Waals surface area contributed by atoms with E-state index in [1.165, 1.54) is 14.0 Å². The van der Waals surface area contributed by atoms with E-state index in [0.717, 1.165) is 30.5 Å². The third kappa shape index (κ3) is 11.6. The van der Waals surface area contributed by atoms with Crippen molar-refractivity contribution in [2.45, 2.75) is 102 Å². The van der Waals surface area contributed by atoms with Crippen molar-refractivity contribution >= 4 is 17.9 Å². The summed E-state index contributed by atoms with van der Waals surface area (Å²) < 4.78 is 60.6. The van der Waals surface area contributed by atoms with Crippen LogP contribution in [-0.2, 0) is 81.6 Å². The second-order valence-electron chi connectivity index (χ2n) is 12.9. The summed E-state index contributed by atoms with van der Waals surface area (Å²) in [6, 6.07) is 28.6. The van der Waals surface area contributed by atoms with Gasteiger partial charge in [0.1, 0.15) is 43.2 Å². The molecule has 10 unspecified atom stereocenters. The Kier molecular flexibility index (Phi) is 15.5. The minimum absolute atomic E-state index is 0.0147. The average molecular weight is 753 g/mol. The van der Waals surface area contributed by atoms with E-state index in [0.29, 0.717) is 0 Å². The Balaban J connectivity index is 1.50. The average Bonchev–Trinajstić information content (AvgIpc) is 3.16. The van der Waals surface area contributed by atoms with Gasteiger partial charge < -0.3 is 52.5 Å². The van der Waals surface area contributed by atoms with Gasteiger partial charge in [-0.2, -0.15) is 0 Å². The van der Waals surface area contributed by atoms with Crippen LogP contribution >= 0.6 is 0 Å². The molecular formula is C40H48O14. The summed E-state index contributed by atoms with van der Waals surface area (Å²) in [6.45, 7) is 3.63. The second-order valence-corrected chi connectivity index (χ2v) is 12.9. The van der Waals surface area contributed by atoms with Crippen molar-refractivity contribution in [1.29, 1.82) is 0 Å². The summed E-state index contributed by atoms with van der Waals surface area (Å²) in [5.74, 6) is -2.14. The first kappa shape index (κ1) is 40.9. The molecule has 54 heavy (non-hydrogen) atoms. The van der Waals surface area contributed by atoms with Gasteiger partial charge in [0, 0.05) is 27.9 Å². The number of hydrogen-bond acceptors (Lipinski definition) is 14. The minimum Gasteiger partial charge on any atom is -0.463 e. The van der Waals surface area contributed by atoms with Gasteiger partial charge in [-0.15, -0.1) is 0 Å². The van der Waals surface area contributed by atoms with Crippen LogP contribution in [0.5, 0.6) is 0 Å². The first-order chi connectivity index (χ1) is 26.1. The summed E-state index contributed by atoms with van der Waals surface area (Å²) in [5, 5.41) is 11.7. The lowest BCUT2D eigenvalue weighted by Crippen LogP contribution is -2.66. The molecule has 14 nitrogen and oxygen atoms in total. The largest absolute Gasteiger partial charge is 0.463 e. The standard InChI is InChI=1S/C40H48O14/c1-25(41)47-24-32-34(50-26(2)42)36(51-27(3)43)33(44)39(52-32)54-35-31(23-46-20-28-14-8-5-9-15-28)53-40(45-4)38(49-22-30-18-12-7-13-19-30)37(35)48-21-29-16-10-6-11-17-29/h5-19,31-40,44H,20-24H2,1-4H3. The first-order valence-electron chi connectivity index (χ1n) is 17.7. The van der Waals surface area contributed by atoms with E-state index in [2.05, 4.69) is 0 Å². The lowest BCUT2D eigenvalue weighted by Gasteiger charge is -2.48. The number of rotatable bonds is 17. The molecule has 0 aliphatic carbocycles. The van der Waals surface area contributed by atoms with Gasteiger partial charge in [0.05, 0.1) is 26.4 Å². The molecule has 2 heterocycles. The van der Waals surface area contributed by atoms with E-state index < -0.39 is 85.9 Å². The van der Waals surface area contributed by atoms with Crippen LogP contribution in [0.2, 0.25) is 0 Å². The van der Waals surface area contributed by atoms with Crippen LogP contribution in [-0.4, -0.2) is 105 Å². The van der Waals surface area contributed by atoms with Crippen LogP contribution < -0.4 is 0 Å². The van der Waals surface area contributed by atoms with Gasteiger partial charge in [0.15, 0.2) is 24.8 Å². The molecule has 3 aromatic carbocycles. The molecule has 0 spiro atoms. The Bertz CT molecular complexity index is 1590. The normalized spacial score (nSPS) is 28.2. The van der Waals surface area contributed by atoms with E-state index in [4.69, 9.17) is 47.4 Å². The van der Waals surface area contributed by atoms with Crippen molar-refractivity contribution in [2.75, 3.05) is 20.3 Å². The van der Waals surface area contributed by atoms with E-state index in [1.54, 1.807) is 0 Å². The third-order valence-corrected chi connectivity index (χ3v) is 8.75. The van der Waals surface area contributed by atoms with Crippen molar-refractivity contribution in [3.05, 3.63) is 108 Å². The number of benzene rings is 3. The number of hydrogen-bond donors (Lipinski definition) is 1. The lowest BCUT2D eigenvalue weighted by molar-refractivity contribution is -0.367. The Morgan fingerprint density at radius 1 is 0.574 bits per heavy atom.